The number of benzene rings is 2. The molecule has 0 radical (unpaired) electrons. The van der Waals surface area contributed by atoms with Gasteiger partial charge in [0.25, 0.3) is 5.91 Å². The number of hydrogen-bond donors (Lipinski definition) is 2. The van der Waals surface area contributed by atoms with Crippen LogP contribution in [-0.2, 0) is 4.79 Å². The lowest BCUT2D eigenvalue weighted by Crippen LogP contribution is -3.15. The van der Waals surface area contributed by atoms with Gasteiger partial charge in [-0.05, 0) is 36.4 Å². The molecule has 138 valence electrons. The fourth-order valence-corrected chi connectivity index (χ4v) is 3.55. The van der Waals surface area contributed by atoms with Crippen LogP contribution in [-0.4, -0.2) is 45.7 Å². The van der Waals surface area contributed by atoms with Crippen LogP contribution in [0.1, 0.15) is 0 Å². The van der Waals surface area contributed by atoms with E-state index in [-0.39, 0.29) is 5.91 Å². The summed E-state index contributed by atoms with van der Waals surface area (Å²) < 4.78 is 5.12. The summed E-state index contributed by atoms with van der Waals surface area (Å²) in [6.07, 6.45) is 0. The van der Waals surface area contributed by atoms with Crippen LogP contribution in [0.4, 0.5) is 11.4 Å². The van der Waals surface area contributed by atoms with Crippen molar-refractivity contribution in [2.45, 2.75) is 0 Å². The third kappa shape index (κ3) is 4.81. The molecule has 1 heterocycles. The Balaban J connectivity index is 1.49. The van der Waals surface area contributed by atoms with Crippen LogP contribution in [0, 0.1) is 0 Å². The number of carbonyl (C=O) groups is 1. The molecule has 26 heavy (non-hydrogen) atoms. The van der Waals surface area contributed by atoms with Crippen LogP contribution in [0.15, 0.2) is 42.5 Å². The fourth-order valence-electron chi connectivity index (χ4n) is 3.11. The highest BCUT2D eigenvalue weighted by Gasteiger charge is 2.22. The molecule has 3 rings (SSSR count). The van der Waals surface area contributed by atoms with E-state index in [0.29, 0.717) is 23.0 Å². The van der Waals surface area contributed by atoms with Gasteiger partial charge < -0.3 is 19.9 Å². The van der Waals surface area contributed by atoms with E-state index in [4.69, 9.17) is 27.9 Å². The molecule has 1 fully saturated rings. The molecule has 0 bridgehead atoms. The van der Waals surface area contributed by atoms with Crippen molar-refractivity contribution in [2.24, 2.45) is 0 Å². The molecule has 5 nitrogen and oxygen atoms in total. The highest BCUT2D eigenvalue weighted by Crippen LogP contribution is 2.27. The minimum Gasteiger partial charge on any atom is -0.495 e. The van der Waals surface area contributed by atoms with Crippen LogP contribution >= 0.6 is 23.2 Å². The van der Waals surface area contributed by atoms with Gasteiger partial charge in [-0.3, -0.25) is 4.79 Å². The molecule has 0 aliphatic carbocycles. The minimum absolute atomic E-state index is 0.0163. The average molecular weight is 395 g/mol. The Morgan fingerprint density at radius 3 is 2.62 bits per heavy atom. The molecule has 2 aromatic carbocycles. The molecule has 0 atom stereocenters. The highest BCUT2D eigenvalue weighted by atomic mass is 35.5. The molecule has 1 amide bonds. The summed E-state index contributed by atoms with van der Waals surface area (Å²) >= 11 is 12.2. The number of anilines is 2. The monoisotopic (exact) mass is 394 g/mol. The van der Waals surface area contributed by atoms with Gasteiger partial charge in [0.1, 0.15) is 5.75 Å². The van der Waals surface area contributed by atoms with E-state index in [1.807, 2.05) is 18.2 Å². The van der Waals surface area contributed by atoms with E-state index in [1.165, 1.54) is 4.90 Å². The summed E-state index contributed by atoms with van der Waals surface area (Å²) in [4.78, 5) is 15.9. The van der Waals surface area contributed by atoms with E-state index in [9.17, 15) is 4.79 Å². The summed E-state index contributed by atoms with van der Waals surface area (Å²) in [6.45, 7) is 4.05. The maximum absolute atomic E-state index is 12.3. The molecule has 2 aromatic rings. The van der Waals surface area contributed by atoms with Gasteiger partial charge in [0.15, 0.2) is 6.54 Å². The van der Waals surface area contributed by atoms with Gasteiger partial charge >= 0.3 is 0 Å². The van der Waals surface area contributed by atoms with Crippen molar-refractivity contribution in [2.75, 3.05) is 50.1 Å². The van der Waals surface area contributed by atoms with E-state index < -0.39 is 0 Å². The van der Waals surface area contributed by atoms with Crippen molar-refractivity contribution in [1.29, 1.82) is 0 Å². The molecular weight excluding hydrogens is 373 g/mol. The number of nitrogens with zero attached hydrogens (tertiary/aromatic N) is 1. The summed E-state index contributed by atoms with van der Waals surface area (Å²) in [5.41, 5.74) is 1.81. The van der Waals surface area contributed by atoms with Crippen LogP contribution < -0.4 is 19.9 Å². The Hall–Kier alpha value is -1.95. The predicted octanol–water partition coefficient (Wildman–Crippen LogP) is 2.35. The van der Waals surface area contributed by atoms with Gasteiger partial charge in [-0.2, -0.15) is 0 Å². The van der Waals surface area contributed by atoms with Crippen molar-refractivity contribution in [3.05, 3.63) is 52.5 Å². The Bertz CT molecular complexity index is 777. The Labute approximate surface area is 163 Å². The normalized spacial score (nSPS) is 15.0. The number of carbonyl (C=O) groups excluding carboxylic acids is 1. The molecule has 0 saturated carbocycles. The zero-order valence-corrected chi connectivity index (χ0v) is 16.1. The molecule has 2 N–H and O–H groups in total. The van der Waals surface area contributed by atoms with E-state index in [2.05, 4.69) is 16.3 Å². The zero-order valence-electron chi connectivity index (χ0n) is 14.6. The second kappa shape index (κ2) is 8.62. The first kappa shape index (κ1) is 18.8. The fraction of sp³-hybridized carbons (Fsp3) is 0.316. The highest BCUT2D eigenvalue weighted by molar-refractivity contribution is 6.32. The zero-order chi connectivity index (χ0) is 18.5. The molecule has 0 unspecified atom stereocenters. The average Bonchev–Trinajstić information content (AvgIpc) is 2.62. The van der Waals surface area contributed by atoms with Gasteiger partial charge in [0.2, 0.25) is 0 Å². The quantitative estimate of drug-likeness (QED) is 0.817. The van der Waals surface area contributed by atoms with E-state index >= 15 is 0 Å². The topological polar surface area (TPSA) is 46.0 Å². The second-order valence-electron chi connectivity index (χ2n) is 6.29. The number of halogens is 2. The predicted molar refractivity (Wildman–Crippen MR) is 106 cm³/mol. The second-order valence-corrected chi connectivity index (χ2v) is 7.13. The number of piperazine rings is 1. The summed E-state index contributed by atoms with van der Waals surface area (Å²) in [6, 6.07) is 13.1. The third-order valence-electron chi connectivity index (χ3n) is 4.49. The lowest BCUT2D eigenvalue weighted by molar-refractivity contribution is -0.892. The molecule has 0 aromatic heterocycles. The van der Waals surface area contributed by atoms with E-state index in [1.54, 1.807) is 25.3 Å². The first-order chi connectivity index (χ1) is 12.5. The van der Waals surface area contributed by atoms with E-state index in [0.717, 1.165) is 36.9 Å². The smallest absolute Gasteiger partial charge is 0.279 e. The van der Waals surface area contributed by atoms with Gasteiger partial charge in [-0.25, -0.2) is 0 Å². The van der Waals surface area contributed by atoms with Crippen molar-refractivity contribution in [1.82, 2.24) is 0 Å². The first-order valence-corrected chi connectivity index (χ1v) is 9.28. The van der Waals surface area contributed by atoms with Crippen LogP contribution in [0.5, 0.6) is 5.75 Å². The lowest BCUT2D eigenvalue weighted by Gasteiger charge is -2.33. The van der Waals surface area contributed by atoms with Crippen LogP contribution in [0.25, 0.3) is 0 Å². The van der Waals surface area contributed by atoms with Gasteiger partial charge in [-0.15, -0.1) is 0 Å². The first-order valence-electron chi connectivity index (χ1n) is 8.52. The van der Waals surface area contributed by atoms with Gasteiger partial charge in [-0.1, -0.05) is 29.3 Å². The van der Waals surface area contributed by atoms with Crippen molar-refractivity contribution in [3.8, 4) is 5.75 Å². The molecule has 0 spiro atoms. The number of hydrogen-bond acceptors (Lipinski definition) is 3. The third-order valence-corrected chi connectivity index (χ3v) is 5.02. The lowest BCUT2D eigenvalue weighted by atomic mass is 10.2. The van der Waals surface area contributed by atoms with Gasteiger partial charge in [0.05, 0.1) is 38.3 Å². The largest absolute Gasteiger partial charge is 0.495 e. The number of methoxy groups -OCH3 is 1. The van der Waals surface area contributed by atoms with Gasteiger partial charge in [0, 0.05) is 16.4 Å². The summed E-state index contributed by atoms with van der Waals surface area (Å²) in [5, 5.41) is 4.13. The van der Waals surface area contributed by atoms with Crippen molar-refractivity contribution in [3.63, 3.8) is 0 Å². The summed E-state index contributed by atoms with van der Waals surface area (Å²) in [5.74, 6) is 0.574. The minimum atomic E-state index is -0.0163. The SMILES string of the molecule is COc1ccc(NC(=O)C[NH+]2CCN(c3cccc(Cl)c3)CC2)cc1Cl. The number of amides is 1. The summed E-state index contributed by atoms with van der Waals surface area (Å²) in [7, 11) is 1.56. The maximum atomic E-state index is 12.3. The maximum Gasteiger partial charge on any atom is 0.279 e. The van der Waals surface area contributed by atoms with Crippen molar-refractivity contribution >= 4 is 40.5 Å². The van der Waals surface area contributed by atoms with Crippen LogP contribution in [0.2, 0.25) is 10.0 Å². The number of ether oxygens (including phenoxy) is 1. The Kier molecular flexibility index (Phi) is 6.25. The molecule has 7 heteroatoms. The number of rotatable bonds is 5. The molecule has 1 aliphatic rings. The number of nitrogens with one attached hydrogen (secondary N) is 2. The Morgan fingerprint density at radius 2 is 1.96 bits per heavy atom. The van der Waals surface area contributed by atoms with Crippen LogP contribution in [0.3, 0.4) is 0 Å². The number of quaternary nitrogens is 1. The Morgan fingerprint density at radius 1 is 1.19 bits per heavy atom. The van der Waals surface area contributed by atoms with Crippen molar-refractivity contribution < 1.29 is 14.4 Å². The molecular formula is C19H22Cl2N3O2+. The standard InChI is InChI=1S/C19H21Cl2N3O2/c1-26-18-6-5-15(12-17(18)21)22-19(25)13-23-7-9-24(10-8-23)16-4-2-3-14(20)11-16/h2-6,11-12H,7-10,13H2,1H3,(H,22,25)/p+1. The molecule has 1 aliphatic heterocycles. The molecule has 1 saturated heterocycles.